The second kappa shape index (κ2) is 14.3. The third-order valence-electron chi connectivity index (χ3n) is 6.55. The first kappa shape index (κ1) is 31.0. The van der Waals surface area contributed by atoms with Crippen LogP contribution in [0.4, 0.5) is 4.79 Å². The average molecular weight is 608 g/mol. The van der Waals surface area contributed by atoms with Crippen molar-refractivity contribution in [2.24, 2.45) is 4.99 Å². The third kappa shape index (κ3) is 8.09. The van der Waals surface area contributed by atoms with Gasteiger partial charge in [0.1, 0.15) is 34.3 Å². The molecule has 42 heavy (non-hydrogen) atoms. The molecule has 2 aromatic carbocycles. The third-order valence-corrected chi connectivity index (χ3v) is 8.85. The Bertz CT molecular complexity index is 1470. The molecule has 1 aromatic heterocycles. The highest BCUT2D eigenvalue weighted by Gasteiger charge is 2.27. The van der Waals surface area contributed by atoms with E-state index in [1.165, 1.54) is 29.2 Å². The fourth-order valence-corrected chi connectivity index (χ4v) is 6.05. The predicted octanol–water partition coefficient (Wildman–Crippen LogP) is 6.35. The first-order valence-corrected chi connectivity index (χ1v) is 15.0. The fraction of sp³-hybridized carbons (Fsp3) is 0.290. The lowest BCUT2D eigenvalue weighted by Crippen LogP contribution is -2.34. The van der Waals surface area contributed by atoms with E-state index in [9.17, 15) is 14.7 Å². The first-order valence-electron chi connectivity index (χ1n) is 13.2. The van der Waals surface area contributed by atoms with Crippen LogP contribution in [-0.4, -0.2) is 64.1 Å². The molecular formula is C31H33N3O6S2. The minimum atomic E-state index is -0.956. The number of aromatic nitrogens is 1. The topological polar surface area (TPSA) is 111 Å². The molecule has 2 unspecified atom stereocenters. The molecule has 0 aliphatic carbocycles. The van der Waals surface area contributed by atoms with Crippen molar-refractivity contribution < 1.29 is 28.9 Å². The lowest BCUT2D eigenvalue weighted by atomic mass is 10.0. The van der Waals surface area contributed by atoms with Crippen LogP contribution in [-0.2, 0) is 20.9 Å². The number of thiazole rings is 1. The van der Waals surface area contributed by atoms with Gasteiger partial charge in [-0.15, -0.1) is 23.1 Å². The normalized spacial score (nSPS) is 16.5. The number of carbonyl (C=O) groups excluding carboxylic acids is 1. The van der Waals surface area contributed by atoms with Crippen molar-refractivity contribution in [3.8, 4) is 5.75 Å². The SMILES string of the molecule is C=C/C(=C\c1sc(C2=N[C@@H](C(=O)O)CS2)nc1C)OC(=O)OCc1ccc(OC(c2ccccc2)C(C)N(C)C)cc1. The molecule has 11 heteroatoms. The second-order valence-corrected chi connectivity index (χ2v) is 11.8. The Morgan fingerprint density at radius 2 is 1.88 bits per heavy atom. The number of benzene rings is 2. The van der Waals surface area contributed by atoms with Gasteiger partial charge < -0.3 is 24.2 Å². The molecule has 1 aliphatic rings. The van der Waals surface area contributed by atoms with E-state index in [-0.39, 0.29) is 24.5 Å². The number of ether oxygens (including phenoxy) is 3. The van der Waals surface area contributed by atoms with Crippen molar-refractivity contribution in [3.05, 3.63) is 99.7 Å². The van der Waals surface area contributed by atoms with Gasteiger partial charge in [0.25, 0.3) is 0 Å². The molecule has 0 saturated heterocycles. The summed E-state index contributed by atoms with van der Waals surface area (Å²) < 4.78 is 17.0. The molecule has 0 amide bonds. The van der Waals surface area contributed by atoms with Crippen molar-refractivity contribution in [1.82, 2.24) is 9.88 Å². The summed E-state index contributed by atoms with van der Waals surface area (Å²) >= 11 is 2.69. The highest BCUT2D eigenvalue weighted by Crippen LogP contribution is 2.30. The van der Waals surface area contributed by atoms with Gasteiger partial charge in [-0.2, -0.15) is 0 Å². The number of carboxylic acids is 1. The molecule has 1 N–H and O–H groups in total. The molecule has 220 valence electrons. The molecule has 3 atom stereocenters. The summed E-state index contributed by atoms with van der Waals surface area (Å²) in [6.45, 7) is 7.68. The first-order chi connectivity index (χ1) is 20.1. The van der Waals surface area contributed by atoms with Crippen LogP contribution in [0.25, 0.3) is 6.08 Å². The number of allylic oxidation sites excluding steroid dienone is 1. The van der Waals surface area contributed by atoms with E-state index in [1.54, 1.807) is 6.08 Å². The largest absolute Gasteiger partial charge is 0.514 e. The van der Waals surface area contributed by atoms with Crippen LogP contribution < -0.4 is 4.74 Å². The number of carboxylic acid groups (broad SMARTS) is 1. The van der Waals surface area contributed by atoms with Crippen LogP contribution in [0.1, 0.15) is 39.7 Å². The molecule has 0 spiro atoms. The Balaban J connectivity index is 1.34. The minimum absolute atomic E-state index is 0.0191. The van der Waals surface area contributed by atoms with Crippen LogP contribution in [0.3, 0.4) is 0 Å². The number of rotatable bonds is 12. The van der Waals surface area contributed by atoms with Crippen LogP contribution in [0.15, 0.2) is 78.0 Å². The van der Waals surface area contributed by atoms with E-state index >= 15 is 0 Å². The van der Waals surface area contributed by atoms with Gasteiger partial charge in [0, 0.05) is 17.9 Å². The highest BCUT2D eigenvalue weighted by molar-refractivity contribution is 8.15. The van der Waals surface area contributed by atoms with Gasteiger partial charge in [-0.1, -0.05) is 49.0 Å². The number of carbonyl (C=O) groups is 2. The molecule has 1 aliphatic heterocycles. The predicted molar refractivity (Wildman–Crippen MR) is 166 cm³/mol. The quantitative estimate of drug-likeness (QED) is 0.143. The molecule has 0 radical (unpaired) electrons. The standard InChI is InChI=1S/C31H33N3O6S2/c1-6-23(16-26-19(2)32-29(42-26)28-33-25(18-41-28)30(35)36)40-31(37)38-17-21-12-14-24(15-13-21)39-27(20(3)34(4)5)22-10-8-7-9-11-22/h6-16,20,25,27H,1,17-18H2,2-5H3,(H,35,36)/b23-16+/t20?,25-,27?/m1/s1. The number of hydrogen-bond acceptors (Lipinski definition) is 10. The molecule has 3 aromatic rings. The van der Waals surface area contributed by atoms with Gasteiger partial charge in [0.15, 0.2) is 6.04 Å². The molecule has 4 rings (SSSR count). The molecular weight excluding hydrogens is 574 g/mol. The van der Waals surface area contributed by atoms with Crippen molar-refractivity contribution in [2.75, 3.05) is 19.8 Å². The maximum Gasteiger partial charge on any atom is 0.514 e. The second-order valence-electron chi connectivity index (χ2n) is 9.76. The van der Waals surface area contributed by atoms with Crippen LogP contribution >= 0.6 is 23.1 Å². The summed E-state index contributed by atoms with van der Waals surface area (Å²) in [5, 5.41) is 10.4. The molecule has 0 saturated carbocycles. The van der Waals surface area contributed by atoms with Gasteiger partial charge >= 0.3 is 12.1 Å². The number of aliphatic imine (C=N–C) groups is 1. The maximum atomic E-state index is 12.4. The van der Waals surface area contributed by atoms with E-state index in [4.69, 9.17) is 14.2 Å². The molecule has 0 fully saturated rings. The Morgan fingerprint density at radius 3 is 2.50 bits per heavy atom. The lowest BCUT2D eigenvalue weighted by Gasteiger charge is -2.30. The van der Waals surface area contributed by atoms with Crippen LogP contribution in [0.2, 0.25) is 0 Å². The highest BCUT2D eigenvalue weighted by atomic mass is 32.2. The van der Waals surface area contributed by atoms with Gasteiger partial charge in [0.05, 0.1) is 10.6 Å². The maximum absolute atomic E-state index is 12.4. The summed E-state index contributed by atoms with van der Waals surface area (Å²) in [6.07, 6.45) is 2.02. The van der Waals surface area contributed by atoms with Crippen molar-refractivity contribution in [2.45, 2.75) is 38.6 Å². The molecule has 0 bridgehead atoms. The Labute approximate surface area is 253 Å². The molecule has 2 heterocycles. The summed E-state index contributed by atoms with van der Waals surface area (Å²) in [5.74, 6) is 0.331. The minimum Gasteiger partial charge on any atom is -0.484 e. The fourth-order valence-electron chi connectivity index (χ4n) is 3.95. The van der Waals surface area contributed by atoms with Gasteiger partial charge in [0.2, 0.25) is 0 Å². The van der Waals surface area contributed by atoms with E-state index in [0.717, 1.165) is 16.0 Å². The van der Waals surface area contributed by atoms with E-state index < -0.39 is 18.2 Å². The number of aryl methyl sites for hydroxylation is 1. The number of likely N-dealkylation sites (N-methyl/N-ethyl adjacent to an activating group) is 1. The van der Waals surface area contributed by atoms with Crippen molar-refractivity contribution in [3.63, 3.8) is 0 Å². The zero-order valence-electron chi connectivity index (χ0n) is 23.9. The van der Waals surface area contributed by atoms with Gasteiger partial charge in [-0.05, 0) is 57.3 Å². The zero-order chi connectivity index (χ0) is 30.2. The van der Waals surface area contributed by atoms with E-state index in [0.29, 0.717) is 27.2 Å². The molecule has 9 nitrogen and oxygen atoms in total. The zero-order valence-corrected chi connectivity index (χ0v) is 25.5. The van der Waals surface area contributed by atoms with E-state index in [1.807, 2.05) is 63.5 Å². The smallest absolute Gasteiger partial charge is 0.484 e. The lowest BCUT2D eigenvalue weighted by molar-refractivity contribution is -0.137. The van der Waals surface area contributed by atoms with Gasteiger partial charge in [-0.25, -0.2) is 14.6 Å². The summed E-state index contributed by atoms with van der Waals surface area (Å²) in [4.78, 5) is 35.2. The number of hydrogen-bond donors (Lipinski definition) is 1. The average Bonchev–Trinajstić information content (AvgIpc) is 3.62. The summed E-state index contributed by atoms with van der Waals surface area (Å²) in [5.41, 5.74) is 2.56. The number of aliphatic carboxylic acids is 1. The monoisotopic (exact) mass is 607 g/mol. The Kier molecular flexibility index (Phi) is 10.6. The Morgan fingerprint density at radius 1 is 1.17 bits per heavy atom. The van der Waals surface area contributed by atoms with Crippen LogP contribution in [0.5, 0.6) is 5.75 Å². The number of nitrogens with zero attached hydrogens (tertiary/aromatic N) is 3. The summed E-state index contributed by atoms with van der Waals surface area (Å²) in [6, 6.07) is 16.9. The van der Waals surface area contributed by atoms with Gasteiger partial charge in [-0.3, -0.25) is 4.99 Å². The Hall–Kier alpha value is -3.93. The van der Waals surface area contributed by atoms with Crippen molar-refractivity contribution >= 4 is 46.3 Å². The van der Waals surface area contributed by atoms with Crippen LogP contribution in [0, 0.1) is 6.92 Å². The number of thioether (sulfide) groups is 1. The van der Waals surface area contributed by atoms with E-state index in [2.05, 4.69) is 40.5 Å². The summed E-state index contributed by atoms with van der Waals surface area (Å²) in [7, 11) is 4.05. The van der Waals surface area contributed by atoms with Crippen molar-refractivity contribution in [1.29, 1.82) is 0 Å².